The molecule has 1 heterocycles. The van der Waals surface area contributed by atoms with Crippen LogP contribution in [0.5, 0.6) is 0 Å². The van der Waals surface area contributed by atoms with E-state index in [4.69, 9.17) is 4.74 Å². The highest BCUT2D eigenvalue weighted by Crippen LogP contribution is 2.23. The Bertz CT molecular complexity index is 520. The van der Waals surface area contributed by atoms with E-state index in [9.17, 15) is 4.79 Å². The van der Waals surface area contributed by atoms with Gasteiger partial charge in [0.25, 0.3) is 0 Å². The molecule has 4 nitrogen and oxygen atoms in total. The molecule has 0 radical (unpaired) electrons. The van der Waals surface area contributed by atoms with Gasteiger partial charge in [-0.2, -0.15) is 0 Å². The highest BCUT2D eigenvalue weighted by Gasteiger charge is 2.16. The summed E-state index contributed by atoms with van der Waals surface area (Å²) in [4.78, 5) is 14.8. The molecule has 0 saturated heterocycles. The summed E-state index contributed by atoms with van der Waals surface area (Å²) in [5, 5.41) is 5.30. The van der Waals surface area contributed by atoms with Gasteiger partial charge in [0.15, 0.2) is 0 Å². The van der Waals surface area contributed by atoms with Crippen LogP contribution in [-0.4, -0.2) is 36.9 Å². The Balaban J connectivity index is 1.90. The van der Waals surface area contributed by atoms with Gasteiger partial charge >= 0.3 is 5.97 Å². The standard InChI is InChI=1S/C14H18N2O2S/c1-15-12(14(17)18-2)7-8-19-13-9-10-5-3-4-6-11(10)16-13/h3-6,9,12,15-16H,7-8H2,1-2H3. The molecule has 2 aromatic rings. The number of likely N-dealkylation sites (N-methyl/N-ethyl adjacent to an activating group) is 1. The van der Waals surface area contributed by atoms with Gasteiger partial charge in [-0.15, -0.1) is 11.8 Å². The predicted molar refractivity (Wildman–Crippen MR) is 78.5 cm³/mol. The number of fused-ring (bicyclic) bond motifs is 1. The van der Waals surface area contributed by atoms with Gasteiger partial charge < -0.3 is 15.0 Å². The van der Waals surface area contributed by atoms with Crippen molar-refractivity contribution >= 4 is 28.6 Å². The number of hydrogen-bond acceptors (Lipinski definition) is 4. The molecule has 19 heavy (non-hydrogen) atoms. The third-order valence-electron chi connectivity index (χ3n) is 3.00. The van der Waals surface area contributed by atoms with E-state index in [-0.39, 0.29) is 12.0 Å². The smallest absolute Gasteiger partial charge is 0.322 e. The minimum absolute atomic E-state index is 0.209. The first-order valence-corrected chi connectivity index (χ1v) is 7.19. The molecule has 1 aromatic carbocycles. The van der Waals surface area contributed by atoms with Gasteiger partial charge in [-0.25, -0.2) is 0 Å². The van der Waals surface area contributed by atoms with Crippen molar-refractivity contribution in [2.24, 2.45) is 0 Å². The molecule has 0 amide bonds. The van der Waals surface area contributed by atoms with Crippen LogP contribution < -0.4 is 5.32 Å². The summed E-state index contributed by atoms with van der Waals surface area (Å²) in [6.07, 6.45) is 0.739. The number of carbonyl (C=O) groups excluding carboxylic acids is 1. The topological polar surface area (TPSA) is 54.1 Å². The number of aromatic nitrogens is 1. The zero-order chi connectivity index (χ0) is 13.7. The molecule has 5 heteroatoms. The summed E-state index contributed by atoms with van der Waals surface area (Å²) in [6.45, 7) is 0. The lowest BCUT2D eigenvalue weighted by molar-refractivity contribution is -0.143. The largest absolute Gasteiger partial charge is 0.468 e. The van der Waals surface area contributed by atoms with Crippen molar-refractivity contribution in [1.82, 2.24) is 10.3 Å². The highest BCUT2D eigenvalue weighted by molar-refractivity contribution is 7.99. The number of carbonyl (C=O) groups is 1. The summed E-state index contributed by atoms with van der Waals surface area (Å²) < 4.78 is 4.74. The number of benzene rings is 1. The summed E-state index contributed by atoms with van der Waals surface area (Å²) >= 11 is 1.71. The molecule has 1 atom stereocenters. The van der Waals surface area contributed by atoms with Gasteiger partial charge in [0.05, 0.1) is 12.1 Å². The number of aromatic amines is 1. The summed E-state index contributed by atoms with van der Waals surface area (Å²) in [5.74, 6) is 0.646. The van der Waals surface area contributed by atoms with Crippen LogP contribution in [0.2, 0.25) is 0 Å². The lowest BCUT2D eigenvalue weighted by Crippen LogP contribution is -2.35. The van der Waals surface area contributed by atoms with Crippen LogP contribution in [0.1, 0.15) is 6.42 Å². The molecule has 1 aromatic heterocycles. The van der Waals surface area contributed by atoms with Crippen LogP contribution in [0.3, 0.4) is 0 Å². The second-order valence-electron chi connectivity index (χ2n) is 4.22. The number of ether oxygens (including phenoxy) is 1. The molecule has 0 spiro atoms. The number of para-hydroxylation sites is 1. The summed E-state index contributed by atoms with van der Waals surface area (Å²) in [7, 11) is 3.19. The normalized spacial score (nSPS) is 12.5. The maximum Gasteiger partial charge on any atom is 0.322 e. The maximum absolute atomic E-state index is 11.4. The molecular weight excluding hydrogens is 260 g/mol. The second-order valence-corrected chi connectivity index (χ2v) is 5.36. The van der Waals surface area contributed by atoms with Crippen LogP contribution in [0, 0.1) is 0 Å². The molecule has 0 fully saturated rings. The number of methoxy groups -OCH3 is 1. The number of esters is 1. The van der Waals surface area contributed by atoms with E-state index in [0.29, 0.717) is 0 Å². The molecule has 0 saturated carbocycles. The minimum Gasteiger partial charge on any atom is -0.468 e. The van der Waals surface area contributed by atoms with Crippen molar-refractivity contribution in [1.29, 1.82) is 0 Å². The third kappa shape index (κ3) is 3.52. The molecular formula is C14H18N2O2S. The lowest BCUT2D eigenvalue weighted by atomic mass is 10.2. The Morgan fingerprint density at radius 1 is 1.47 bits per heavy atom. The van der Waals surface area contributed by atoms with Gasteiger partial charge in [-0.05, 0) is 25.6 Å². The summed E-state index contributed by atoms with van der Waals surface area (Å²) in [6, 6.07) is 10.1. The first-order chi connectivity index (χ1) is 9.24. The van der Waals surface area contributed by atoms with Crippen molar-refractivity contribution < 1.29 is 9.53 Å². The van der Waals surface area contributed by atoms with E-state index in [1.807, 2.05) is 12.1 Å². The molecule has 0 aliphatic heterocycles. The SMILES string of the molecule is CNC(CCSc1cc2ccccc2[nH]1)C(=O)OC. The monoisotopic (exact) mass is 278 g/mol. The zero-order valence-corrected chi connectivity index (χ0v) is 11.9. The van der Waals surface area contributed by atoms with Gasteiger partial charge in [0, 0.05) is 16.7 Å². The Kier molecular flexibility index (Phi) is 4.87. The molecule has 0 aliphatic rings. The molecule has 2 rings (SSSR count). The van der Waals surface area contributed by atoms with Crippen LogP contribution in [-0.2, 0) is 9.53 Å². The van der Waals surface area contributed by atoms with E-state index in [1.165, 1.54) is 12.5 Å². The van der Waals surface area contributed by atoms with E-state index in [2.05, 4.69) is 28.5 Å². The highest BCUT2D eigenvalue weighted by atomic mass is 32.2. The number of nitrogens with one attached hydrogen (secondary N) is 2. The van der Waals surface area contributed by atoms with Crippen LogP contribution in [0.25, 0.3) is 10.9 Å². The van der Waals surface area contributed by atoms with E-state index < -0.39 is 0 Å². The summed E-state index contributed by atoms with van der Waals surface area (Å²) in [5.41, 5.74) is 1.14. The average Bonchev–Trinajstić information content (AvgIpc) is 2.85. The zero-order valence-electron chi connectivity index (χ0n) is 11.1. The van der Waals surface area contributed by atoms with Crippen molar-refractivity contribution in [3.8, 4) is 0 Å². The van der Waals surface area contributed by atoms with Crippen molar-refractivity contribution in [3.63, 3.8) is 0 Å². The molecule has 0 bridgehead atoms. The van der Waals surface area contributed by atoms with Gasteiger partial charge in [0.2, 0.25) is 0 Å². The number of rotatable bonds is 6. The van der Waals surface area contributed by atoms with Crippen molar-refractivity contribution in [2.45, 2.75) is 17.5 Å². The fourth-order valence-corrected chi connectivity index (χ4v) is 2.90. The third-order valence-corrected chi connectivity index (χ3v) is 3.97. The molecule has 102 valence electrons. The lowest BCUT2D eigenvalue weighted by Gasteiger charge is -2.12. The van der Waals surface area contributed by atoms with Gasteiger partial charge in [0.1, 0.15) is 6.04 Å². The Labute approximate surface area is 116 Å². The van der Waals surface area contributed by atoms with Crippen LogP contribution >= 0.6 is 11.8 Å². The minimum atomic E-state index is -0.234. The van der Waals surface area contributed by atoms with E-state index >= 15 is 0 Å². The number of thioether (sulfide) groups is 1. The Morgan fingerprint density at radius 2 is 2.26 bits per heavy atom. The molecule has 1 unspecified atom stereocenters. The van der Waals surface area contributed by atoms with E-state index in [1.54, 1.807) is 18.8 Å². The molecule has 2 N–H and O–H groups in total. The Morgan fingerprint density at radius 3 is 2.95 bits per heavy atom. The van der Waals surface area contributed by atoms with Crippen LogP contribution in [0.4, 0.5) is 0 Å². The fraction of sp³-hybridized carbons (Fsp3) is 0.357. The maximum atomic E-state index is 11.4. The van der Waals surface area contributed by atoms with Gasteiger partial charge in [-0.1, -0.05) is 18.2 Å². The van der Waals surface area contributed by atoms with Crippen molar-refractivity contribution in [3.05, 3.63) is 30.3 Å². The predicted octanol–water partition coefficient (Wildman–Crippen LogP) is 2.41. The number of H-pyrrole nitrogens is 1. The fourth-order valence-electron chi connectivity index (χ4n) is 1.93. The quantitative estimate of drug-likeness (QED) is 0.629. The first-order valence-electron chi connectivity index (χ1n) is 6.20. The van der Waals surface area contributed by atoms with Crippen LogP contribution in [0.15, 0.2) is 35.4 Å². The molecule has 0 aliphatic carbocycles. The van der Waals surface area contributed by atoms with Gasteiger partial charge in [-0.3, -0.25) is 4.79 Å². The first kappa shape index (κ1) is 14.0. The Hall–Kier alpha value is -1.46. The number of hydrogen-bond donors (Lipinski definition) is 2. The van der Waals surface area contributed by atoms with Crippen molar-refractivity contribution in [2.75, 3.05) is 19.9 Å². The van der Waals surface area contributed by atoms with E-state index in [0.717, 1.165) is 22.7 Å². The second kappa shape index (κ2) is 6.63. The average molecular weight is 278 g/mol.